The van der Waals surface area contributed by atoms with Crippen LogP contribution < -0.4 is 5.32 Å². The molecule has 1 N–H and O–H groups in total. The molecule has 3 unspecified atom stereocenters. The standard InChI is InChI=1S/C13H24N2O2/c1-12(2)10(8-13(12,3)17-5)14-9-6-7-15(4)11(9)16/h9-10,14H,6-8H2,1-5H3. The molecule has 1 saturated heterocycles. The van der Waals surface area contributed by atoms with E-state index < -0.39 is 0 Å². The molecule has 0 bridgehead atoms. The summed E-state index contributed by atoms with van der Waals surface area (Å²) in [6.45, 7) is 7.43. The number of likely N-dealkylation sites (N-methyl/N-ethyl adjacent to an activating group) is 1. The fourth-order valence-electron chi connectivity index (χ4n) is 2.98. The highest BCUT2D eigenvalue weighted by Gasteiger charge is 2.58. The monoisotopic (exact) mass is 240 g/mol. The Hall–Kier alpha value is -0.610. The number of hydrogen-bond acceptors (Lipinski definition) is 3. The average Bonchev–Trinajstić information content (AvgIpc) is 2.60. The lowest BCUT2D eigenvalue weighted by atomic mass is 9.55. The zero-order valence-corrected chi connectivity index (χ0v) is 11.5. The zero-order chi connectivity index (χ0) is 12.8. The molecule has 17 heavy (non-hydrogen) atoms. The van der Waals surface area contributed by atoms with Gasteiger partial charge in [0.15, 0.2) is 0 Å². The Morgan fingerprint density at radius 1 is 1.41 bits per heavy atom. The number of nitrogens with one attached hydrogen (secondary N) is 1. The van der Waals surface area contributed by atoms with Gasteiger partial charge in [0, 0.05) is 32.2 Å². The van der Waals surface area contributed by atoms with Gasteiger partial charge in [0.2, 0.25) is 5.91 Å². The van der Waals surface area contributed by atoms with Crippen LogP contribution in [0.3, 0.4) is 0 Å². The fourth-order valence-corrected chi connectivity index (χ4v) is 2.98. The van der Waals surface area contributed by atoms with Crippen LogP contribution in [-0.4, -0.2) is 49.2 Å². The van der Waals surface area contributed by atoms with Crippen molar-refractivity contribution >= 4 is 5.91 Å². The summed E-state index contributed by atoms with van der Waals surface area (Å²) in [7, 11) is 3.64. The minimum Gasteiger partial charge on any atom is -0.378 e. The summed E-state index contributed by atoms with van der Waals surface area (Å²) < 4.78 is 5.60. The van der Waals surface area contributed by atoms with Gasteiger partial charge in [-0.25, -0.2) is 0 Å². The first kappa shape index (κ1) is 12.8. The van der Waals surface area contributed by atoms with Crippen molar-refractivity contribution in [2.75, 3.05) is 20.7 Å². The molecule has 0 aromatic heterocycles. The quantitative estimate of drug-likeness (QED) is 0.800. The molecule has 98 valence electrons. The molecule has 1 saturated carbocycles. The number of hydrogen-bond donors (Lipinski definition) is 1. The van der Waals surface area contributed by atoms with E-state index in [1.807, 2.05) is 7.05 Å². The molecule has 0 spiro atoms. The van der Waals surface area contributed by atoms with Crippen LogP contribution in [-0.2, 0) is 9.53 Å². The van der Waals surface area contributed by atoms with E-state index in [1.165, 1.54) is 0 Å². The Labute approximate surface area is 104 Å². The van der Waals surface area contributed by atoms with E-state index >= 15 is 0 Å². The maximum absolute atomic E-state index is 11.9. The van der Waals surface area contributed by atoms with Gasteiger partial charge in [-0.15, -0.1) is 0 Å². The molecule has 0 radical (unpaired) electrons. The largest absolute Gasteiger partial charge is 0.378 e. The van der Waals surface area contributed by atoms with Crippen molar-refractivity contribution in [3.8, 4) is 0 Å². The Morgan fingerprint density at radius 3 is 2.47 bits per heavy atom. The Kier molecular flexibility index (Phi) is 2.99. The molecule has 2 rings (SSSR count). The molecule has 4 nitrogen and oxygen atoms in total. The van der Waals surface area contributed by atoms with Crippen LogP contribution in [0.2, 0.25) is 0 Å². The van der Waals surface area contributed by atoms with Gasteiger partial charge in [-0.2, -0.15) is 0 Å². The van der Waals surface area contributed by atoms with Gasteiger partial charge in [0.25, 0.3) is 0 Å². The molecule has 0 aromatic rings. The van der Waals surface area contributed by atoms with Crippen LogP contribution in [0.5, 0.6) is 0 Å². The van der Waals surface area contributed by atoms with Gasteiger partial charge in [-0.1, -0.05) is 13.8 Å². The zero-order valence-electron chi connectivity index (χ0n) is 11.5. The number of nitrogens with zero attached hydrogens (tertiary/aromatic N) is 1. The Morgan fingerprint density at radius 2 is 2.06 bits per heavy atom. The first-order valence-corrected chi connectivity index (χ1v) is 6.38. The van der Waals surface area contributed by atoms with E-state index in [0.717, 1.165) is 19.4 Å². The predicted molar refractivity (Wildman–Crippen MR) is 66.8 cm³/mol. The normalized spacial score (nSPS) is 40.5. The van der Waals surface area contributed by atoms with Gasteiger partial charge in [0.05, 0.1) is 11.6 Å². The van der Waals surface area contributed by atoms with E-state index in [-0.39, 0.29) is 23.0 Å². The molecule has 1 amide bonds. The lowest BCUT2D eigenvalue weighted by molar-refractivity contribution is -0.182. The molecule has 1 aliphatic carbocycles. The van der Waals surface area contributed by atoms with Crippen molar-refractivity contribution in [1.82, 2.24) is 10.2 Å². The SMILES string of the molecule is COC1(C)CC(NC2CCN(C)C2=O)C1(C)C. The molecule has 4 heteroatoms. The maximum atomic E-state index is 11.9. The molecule has 0 aromatic carbocycles. The van der Waals surface area contributed by atoms with E-state index in [9.17, 15) is 4.79 Å². The van der Waals surface area contributed by atoms with Crippen molar-refractivity contribution in [3.63, 3.8) is 0 Å². The number of likely N-dealkylation sites (tertiary alicyclic amines) is 1. The Balaban J connectivity index is 1.97. The molecule has 2 fully saturated rings. The predicted octanol–water partition coefficient (Wildman–Crippen LogP) is 1.01. The molecule has 1 heterocycles. The van der Waals surface area contributed by atoms with Crippen LogP contribution in [0.4, 0.5) is 0 Å². The maximum Gasteiger partial charge on any atom is 0.239 e. The van der Waals surface area contributed by atoms with Crippen LogP contribution in [0.25, 0.3) is 0 Å². The van der Waals surface area contributed by atoms with Gasteiger partial charge < -0.3 is 15.0 Å². The summed E-state index contributed by atoms with van der Waals surface area (Å²) in [6, 6.07) is 0.374. The average molecular weight is 240 g/mol. The van der Waals surface area contributed by atoms with Crippen molar-refractivity contribution in [1.29, 1.82) is 0 Å². The number of rotatable bonds is 3. The van der Waals surface area contributed by atoms with Crippen LogP contribution in [0.15, 0.2) is 0 Å². The van der Waals surface area contributed by atoms with Gasteiger partial charge in [-0.3, -0.25) is 4.79 Å². The van der Waals surface area contributed by atoms with Crippen LogP contribution in [0.1, 0.15) is 33.6 Å². The highest BCUT2D eigenvalue weighted by molar-refractivity contribution is 5.83. The summed E-state index contributed by atoms with van der Waals surface area (Å²) in [5.41, 5.74) is 0.00140. The van der Waals surface area contributed by atoms with Crippen molar-refractivity contribution in [2.45, 2.75) is 51.3 Å². The van der Waals surface area contributed by atoms with Crippen molar-refractivity contribution in [3.05, 3.63) is 0 Å². The molecule has 3 atom stereocenters. The molecule has 2 aliphatic rings. The molecular formula is C13H24N2O2. The van der Waals surface area contributed by atoms with Crippen molar-refractivity contribution in [2.24, 2.45) is 5.41 Å². The number of carbonyl (C=O) groups is 1. The van der Waals surface area contributed by atoms with E-state index in [4.69, 9.17) is 4.74 Å². The minimum absolute atomic E-state index is 0.00526. The second kappa shape index (κ2) is 3.95. The highest BCUT2D eigenvalue weighted by atomic mass is 16.5. The lowest BCUT2D eigenvalue weighted by Crippen LogP contribution is -2.69. The first-order valence-electron chi connectivity index (χ1n) is 6.38. The minimum atomic E-state index is -0.0712. The summed E-state index contributed by atoms with van der Waals surface area (Å²) in [5.74, 6) is 0.229. The summed E-state index contributed by atoms with van der Waals surface area (Å²) >= 11 is 0. The van der Waals surface area contributed by atoms with Gasteiger partial charge >= 0.3 is 0 Å². The third-order valence-electron chi connectivity index (χ3n) is 5.11. The molecular weight excluding hydrogens is 216 g/mol. The second-order valence-corrected chi connectivity index (χ2v) is 6.18. The third-order valence-corrected chi connectivity index (χ3v) is 5.11. The summed E-state index contributed by atoms with van der Waals surface area (Å²) in [6.07, 6.45) is 1.90. The Bertz CT molecular complexity index is 329. The fraction of sp³-hybridized carbons (Fsp3) is 0.923. The second-order valence-electron chi connectivity index (χ2n) is 6.18. The van der Waals surface area contributed by atoms with Crippen LogP contribution in [0, 0.1) is 5.41 Å². The van der Waals surface area contributed by atoms with E-state index in [1.54, 1.807) is 12.0 Å². The smallest absolute Gasteiger partial charge is 0.239 e. The number of amides is 1. The number of methoxy groups -OCH3 is 1. The van der Waals surface area contributed by atoms with E-state index in [0.29, 0.717) is 6.04 Å². The summed E-state index contributed by atoms with van der Waals surface area (Å²) in [5, 5.41) is 3.50. The summed E-state index contributed by atoms with van der Waals surface area (Å²) in [4.78, 5) is 13.7. The lowest BCUT2D eigenvalue weighted by Gasteiger charge is -2.59. The topological polar surface area (TPSA) is 41.6 Å². The number of carbonyl (C=O) groups excluding carboxylic acids is 1. The van der Waals surface area contributed by atoms with Gasteiger partial charge in [0.1, 0.15) is 0 Å². The first-order chi connectivity index (χ1) is 7.82. The van der Waals surface area contributed by atoms with Crippen LogP contribution >= 0.6 is 0 Å². The molecule has 1 aliphatic heterocycles. The highest BCUT2D eigenvalue weighted by Crippen LogP contribution is 2.51. The van der Waals surface area contributed by atoms with E-state index in [2.05, 4.69) is 26.1 Å². The van der Waals surface area contributed by atoms with Gasteiger partial charge in [-0.05, 0) is 19.8 Å². The number of ether oxygens (including phenoxy) is 1. The van der Waals surface area contributed by atoms with Crippen molar-refractivity contribution < 1.29 is 9.53 Å². The third kappa shape index (κ3) is 1.78.